The van der Waals surface area contributed by atoms with E-state index in [1.165, 1.54) is 26.4 Å². The van der Waals surface area contributed by atoms with Gasteiger partial charge in [0.25, 0.3) is 0 Å². The Bertz CT molecular complexity index is 178. The minimum atomic E-state index is -0.180. The molecule has 0 amide bonds. The van der Waals surface area contributed by atoms with Crippen LogP contribution in [0.1, 0.15) is 33.1 Å². The lowest BCUT2D eigenvalue weighted by Crippen LogP contribution is -2.45. The van der Waals surface area contributed by atoms with Crippen molar-refractivity contribution in [3.8, 4) is 0 Å². The molecule has 0 aromatic rings. The molecule has 0 spiro atoms. The third-order valence-electron chi connectivity index (χ3n) is 2.92. The van der Waals surface area contributed by atoms with Gasteiger partial charge in [0.2, 0.25) is 0 Å². The van der Waals surface area contributed by atoms with Crippen LogP contribution in [0.2, 0.25) is 0 Å². The monoisotopic (exact) mass is 185 g/mol. The zero-order valence-corrected chi connectivity index (χ0v) is 8.67. The number of ether oxygens (including phenoxy) is 1. The maximum Gasteiger partial charge on any atom is 0.322 e. The molecule has 0 aliphatic heterocycles. The Morgan fingerprint density at radius 3 is 2.46 bits per heavy atom. The average Bonchev–Trinajstić information content (AvgIpc) is 1.99. The van der Waals surface area contributed by atoms with Gasteiger partial charge in [-0.15, -0.1) is 0 Å². The molecule has 1 saturated carbocycles. The van der Waals surface area contributed by atoms with E-state index in [2.05, 4.69) is 17.0 Å². The van der Waals surface area contributed by atoms with Crippen molar-refractivity contribution in [2.45, 2.75) is 45.2 Å². The summed E-state index contributed by atoms with van der Waals surface area (Å²) in [7, 11) is 1.43. The molecule has 76 valence electrons. The van der Waals surface area contributed by atoms with Crippen LogP contribution in [0.25, 0.3) is 0 Å². The second kappa shape index (κ2) is 4.61. The summed E-state index contributed by atoms with van der Waals surface area (Å²) in [4.78, 5) is 11.1. The maximum atomic E-state index is 11.1. The van der Waals surface area contributed by atoms with Crippen molar-refractivity contribution in [1.29, 1.82) is 0 Å². The molecule has 1 aliphatic carbocycles. The fourth-order valence-electron chi connectivity index (χ4n) is 1.72. The first kappa shape index (κ1) is 10.5. The molecule has 0 aromatic carbocycles. The highest BCUT2D eigenvalue weighted by molar-refractivity contribution is 5.75. The molecule has 1 fully saturated rings. The van der Waals surface area contributed by atoms with Gasteiger partial charge in [-0.3, -0.25) is 4.79 Å². The Morgan fingerprint density at radius 1 is 1.46 bits per heavy atom. The van der Waals surface area contributed by atoms with Gasteiger partial charge in [0, 0.05) is 6.04 Å². The van der Waals surface area contributed by atoms with E-state index in [1.807, 2.05) is 6.92 Å². The zero-order chi connectivity index (χ0) is 9.84. The molecule has 0 bridgehead atoms. The van der Waals surface area contributed by atoms with Crippen LogP contribution in [0, 0.1) is 5.92 Å². The minimum absolute atomic E-state index is 0.175. The molecule has 3 nitrogen and oxygen atoms in total. The van der Waals surface area contributed by atoms with Gasteiger partial charge in [-0.05, 0) is 32.6 Å². The van der Waals surface area contributed by atoms with Crippen molar-refractivity contribution in [1.82, 2.24) is 5.32 Å². The van der Waals surface area contributed by atoms with Crippen LogP contribution >= 0.6 is 0 Å². The van der Waals surface area contributed by atoms with Crippen LogP contribution in [0.5, 0.6) is 0 Å². The molecule has 1 N–H and O–H groups in total. The van der Waals surface area contributed by atoms with E-state index in [0.29, 0.717) is 6.04 Å². The van der Waals surface area contributed by atoms with E-state index >= 15 is 0 Å². The molecule has 13 heavy (non-hydrogen) atoms. The lowest BCUT2D eigenvalue weighted by Gasteiger charge is -2.33. The van der Waals surface area contributed by atoms with E-state index in [1.54, 1.807) is 0 Å². The Kier molecular flexibility index (Phi) is 3.72. The fraction of sp³-hybridized carbons (Fsp3) is 0.900. The molecule has 2 unspecified atom stereocenters. The highest BCUT2D eigenvalue weighted by Crippen LogP contribution is 2.29. The average molecular weight is 185 g/mol. The number of hydrogen-bond donors (Lipinski definition) is 1. The van der Waals surface area contributed by atoms with Crippen molar-refractivity contribution in [2.24, 2.45) is 5.92 Å². The number of carbonyl (C=O) groups excluding carboxylic acids is 1. The molecule has 1 rings (SSSR count). The van der Waals surface area contributed by atoms with E-state index in [4.69, 9.17) is 0 Å². The lowest BCUT2D eigenvalue weighted by molar-refractivity contribution is -0.143. The molecular weight excluding hydrogens is 166 g/mol. The normalized spacial score (nSPS) is 21.8. The largest absolute Gasteiger partial charge is 0.468 e. The van der Waals surface area contributed by atoms with Crippen LogP contribution in [-0.2, 0) is 9.53 Å². The van der Waals surface area contributed by atoms with Crippen molar-refractivity contribution in [3.63, 3.8) is 0 Å². The molecule has 0 aromatic heterocycles. The predicted octanol–water partition coefficient (Wildman–Crippen LogP) is 1.33. The van der Waals surface area contributed by atoms with Crippen LogP contribution in [0.15, 0.2) is 0 Å². The van der Waals surface area contributed by atoms with E-state index < -0.39 is 0 Å². The third-order valence-corrected chi connectivity index (χ3v) is 2.92. The zero-order valence-electron chi connectivity index (χ0n) is 8.67. The first-order chi connectivity index (χ1) is 6.15. The summed E-state index contributed by atoms with van der Waals surface area (Å²) in [5.74, 6) is 0.582. The van der Waals surface area contributed by atoms with Crippen LogP contribution in [-0.4, -0.2) is 25.2 Å². The number of hydrogen-bond acceptors (Lipinski definition) is 3. The topological polar surface area (TPSA) is 38.3 Å². The number of methoxy groups -OCH3 is 1. The minimum Gasteiger partial charge on any atom is -0.468 e. The molecule has 2 atom stereocenters. The standard InChI is InChI=1S/C10H19NO2/c1-7(9-5-4-6-9)11-8(2)10(12)13-3/h7-9,11H,4-6H2,1-3H3. The summed E-state index contributed by atoms with van der Waals surface area (Å²) in [6.45, 7) is 3.99. The fourth-order valence-corrected chi connectivity index (χ4v) is 1.72. The van der Waals surface area contributed by atoms with Crippen molar-refractivity contribution in [3.05, 3.63) is 0 Å². The maximum absolute atomic E-state index is 11.1. The summed E-state index contributed by atoms with van der Waals surface area (Å²) in [6.07, 6.45) is 3.92. The summed E-state index contributed by atoms with van der Waals surface area (Å²) >= 11 is 0. The first-order valence-electron chi connectivity index (χ1n) is 4.99. The van der Waals surface area contributed by atoms with Crippen molar-refractivity contribution >= 4 is 5.97 Å². The third kappa shape index (κ3) is 2.69. The molecule has 1 aliphatic rings. The Hall–Kier alpha value is -0.570. The van der Waals surface area contributed by atoms with Crippen LogP contribution in [0.4, 0.5) is 0 Å². The summed E-state index contributed by atoms with van der Waals surface area (Å²) in [6, 6.07) is 0.253. The SMILES string of the molecule is COC(=O)C(C)NC(C)C1CCC1. The van der Waals surface area contributed by atoms with Gasteiger partial charge in [0.15, 0.2) is 0 Å². The van der Waals surface area contributed by atoms with Gasteiger partial charge in [-0.1, -0.05) is 6.42 Å². The van der Waals surface area contributed by atoms with Crippen LogP contribution < -0.4 is 5.32 Å². The summed E-state index contributed by atoms with van der Waals surface area (Å²) in [5.41, 5.74) is 0. The molecule has 0 heterocycles. The van der Waals surface area contributed by atoms with Gasteiger partial charge >= 0.3 is 5.97 Å². The van der Waals surface area contributed by atoms with E-state index in [-0.39, 0.29) is 12.0 Å². The number of nitrogens with one attached hydrogen (secondary N) is 1. The molecular formula is C10H19NO2. The van der Waals surface area contributed by atoms with E-state index in [0.717, 1.165) is 5.92 Å². The first-order valence-corrected chi connectivity index (χ1v) is 4.99. The smallest absolute Gasteiger partial charge is 0.322 e. The van der Waals surface area contributed by atoms with Gasteiger partial charge in [0.05, 0.1) is 7.11 Å². The Morgan fingerprint density at radius 2 is 2.08 bits per heavy atom. The van der Waals surface area contributed by atoms with Gasteiger partial charge in [-0.2, -0.15) is 0 Å². The molecule has 0 saturated heterocycles. The van der Waals surface area contributed by atoms with Crippen molar-refractivity contribution in [2.75, 3.05) is 7.11 Å². The number of carbonyl (C=O) groups is 1. The quantitative estimate of drug-likeness (QED) is 0.671. The predicted molar refractivity (Wildman–Crippen MR) is 51.4 cm³/mol. The molecule has 3 heteroatoms. The van der Waals surface area contributed by atoms with E-state index in [9.17, 15) is 4.79 Å². The number of rotatable bonds is 4. The Balaban J connectivity index is 2.25. The molecule has 0 radical (unpaired) electrons. The second-order valence-corrected chi connectivity index (χ2v) is 3.89. The summed E-state index contributed by atoms with van der Waals surface area (Å²) < 4.78 is 4.64. The number of esters is 1. The highest BCUT2D eigenvalue weighted by Gasteiger charge is 2.26. The summed E-state index contributed by atoms with van der Waals surface area (Å²) in [5, 5.41) is 3.26. The van der Waals surface area contributed by atoms with Crippen LogP contribution in [0.3, 0.4) is 0 Å². The van der Waals surface area contributed by atoms with Crippen molar-refractivity contribution < 1.29 is 9.53 Å². The highest BCUT2D eigenvalue weighted by atomic mass is 16.5. The Labute approximate surface area is 79.8 Å². The van der Waals surface area contributed by atoms with Gasteiger partial charge in [-0.25, -0.2) is 0 Å². The van der Waals surface area contributed by atoms with Gasteiger partial charge < -0.3 is 10.1 Å². The van der Waals surface area contributed by atoms with Gasteiger partial charge in [0.1, 0.15) is 6.04 Å². The lowest BCUT2D eigenvalue weighted by atomic mass is 9.80. The second-order valence-electron chi connectivity index (χ2n) is 3.89.